The second-order valence-corrected chi connectivity index (χ2v) is 6.05. The van der Waals surface area contributed by atoms with Crippen LogP contribution in [0.25, 0.3) is 0 Å². The molecule has 2 rings (SSSR count). The van der Waals surface area contributed by atoms with E-state index in [1.807, 2.05) is 0 Å². The van der Waals surface area contributed by atoms with Crippen LogP contribution in [-0.2, 0) is 26.8 Å². The first-order valence-electron chi connectivity index (χ1n) is 8.44. The number of oxime groups is 1. The van der Waals surface area contributed by atoms with Crippen molar-refractivity contribution in [3.63, 3.8) is 0 Å². The van der Waals surface area contributed by atoms with Gasteiger partial charge in [0.2, 0.25) is 11.8 Å². The number of carbonyl (C=O) groups excluding carboxylic acids is 2. The van der Waals surface area contributed by atoms with E-state index in [9.17, 15) is 35.9 Å². The number of amides is 2. The van der Waals surface area contributed by atoms with Gasteiger partial charge in [-0.1, -0.05) is 17.3 Å². The number of rotatable bonds is 6. The third-order valence-corrected chi connectivity index (χ3v) is 3.80. The number of carbonyl (C=O) groups is 2. The van der Waals surface area contributed by atoms with Crippen molar-refractivity contribution < 1.29 is 40.8 Å². The van der Waals surface area contributed by atoms with Crippen LogP contribution in [-0.4, -0.2) is 25.1 Å². The molecule has 0 atom stereocenters. The molecule has 2 N–H and O–H groups in total. The topological polar surface area (TPSA) is 79.8 Å². The van der Waals surface area contributed by atoms with Gasteiger partial charge in [0.05, 0.1) is 17.3 Å². The lowest BCUT2D eigenvalue weighted by molar-refractivity contribution is -0.138. The third-order valence-electron chi connectivity index (χ3n) is 3.80. The standard InChI is InChI=1S/C19H15F6N3O3/c1-31-26-10-15(16(29)27-13-6-2-4-11(8-13)18(20,21)22)17(30)28-14-7-3-5-12(9-14)19(23,24)25/h2-10,15H,1H3,(H,27,29)(H,28,30). The molecule has 0 saturated heterocycles. The molecule has 2 amide bonds. The van der Waals surface area contributed by atoms with E-state index in [0.717, 1.165) is 37.6 Å². The van der Waals surface area contributed by atoms with Crippen molar-refractivity contribution >= 4 is 29.4 Å². The van der Waals surface area contributed by atoms with E-state index >= 15 is 0 Å². The van der Waals surface area contributed by atoms with E-state index < -0.39 is 41.2 Å². The number of alkyl halides is 6. The number of hydrogen-bond donors (Lipinski definition) is 2. The molecular formula is C19H15F6N3O3. The highest BCUT2D eigenvalue weighted by Gasteiger charge is 2.32. The minimum Gasteiger partial charge on any atom is -0.399 e. The molecule has 0 spiro atoms. The number of halogens is 6. The van der Waals surface area contributed by atoms with E-state index in [2.05, 4.69) is 20.6 Å². The number of benzene rings is 2. The van der Waals surface area contributed by atoms with Gasteiger partial charge < -0.3 is 15.5 Å². The lowest BCUT2D eigenvalue weighted by Gasteiger charge is -2.15. The lowest BCUT2D eigenvalue weighted by atomic mass is 10.1. The summed E-state index contributed by atoms with van der Waals surface area (Å²) in [5.74, 6) is -3.88. The molecule has 0 bridgehead atoms. The predicted octanol–water partition coefficient (Wildman–Crippen LogP) is 4.55. The van der Waals surface area contributed by atoms with E-state index in [1.165, 1.54) is 12.1 Å². The summed E-state index contributed by atoms with van der Waals surface area (Å²) in [6.07, 6.45) is -8.55. The smallest absolute Gasteiger partial charge is 0.399 e. The molecule has 0 aromatic heterocycles. The number of nitrogens with zero attached hydrogens (tertiary/aromatic N) is 1. The molecule has 0 radical (unpaired) electrons. The van der Waals surface area contributed by atoms with Crippen LogP contribution in [0.3, 0.4) is 0 Å². The molecule has 0 aliphatic heterocycles. The number of hydrogen-bond acceptors (Lipinski definition) is 4. The van der Waals surface area contributed by atoms with Crippen LogP contribution in [0.2, 0.25) is 0 Å². The van der Waals surface area contributed by atoms with E-state index in [0.29, 0.717) is 12.1 Å². The van der Waals surface area contributed by atoms with Crippen molar-refractivity contribution in [2.45, 2.75) is 12.4 Å². The Balaban J connectivity index is 2.22. The first kappa shape index (κ1) is 23.7. The van der Waals surface area contributed by atoms with E-state index in [1.54, 1.807) is 0 Å². The summed E-state index contributed by atoms with van der Waals surface area (Å²) in [5, 5.41) is 7.58. The Hall–Kier alpha value is -3.57. The molecule has 0 aliphatic carbocycles. The van der Waals surface area contributed by atoms with Crippen LogP contribution in [0, 0.1) is 5.92 Å². The van der Waals surface area contributed by atoms with Gasteiger partial charge in [0, 0.05) is 11.4 Å². The Bertz CT molecular complexity index is 901. The lowest BCUT2D eigenvalue weighted by Crippen LogP contribution is -2.35. The van der Waals surface area contributed by atoms with E-state index in [4.69, 9.17) is 0 Å². The van der Waals surface area contributed by atoms with Crippen LogP contribution in [0.5, 0.6) is 0 Å². The summed E-state index contributed by atoms with van der Waals surface area (Å²) in [6.45, 7) is 0. The molecule has 2 aromatic carbocycles. The minimum absolute atomic E-state index is 0.248. The molecule has 6 nitrogen and oxygen atoms in total. The van der Waals surface area contributed by atoms with E-state index in [-0.39, 0.29) is 11.4 Å². The fraction of sp³-hybridized carbons (Fsp3) is 0.211. The third kappa shape index (κ3) is 6.73. The van der Waals surface area contributed by atoms with Crippen molar-refractivity contribution in [2.75, 3.05) is 17.7 Å². The zero-order valence-electron chi connectivity index (χ0n) is 15.7. The Labute approximate surface area is 171 Å². The number of nitrogens with one attached hydrogen (secondary N) is 2. The van der Waals surface area contributed by atoms with Crippen LogP contribution < -0.4 is 10.6 Å². The van der Waals surface area contributed by atoms with Crippen LogP contribution in [0.4, 0.5) is 37.7 Å². The quantitative estimate of drug-likeness (QED) is 0.295. The van der Waals surface area contributed by atoms with Gasteiger partial charge in [-0.3, -0.25) is 9.59 Å². The zero-order valence-corrected chi connectivity index (χ0v) is 15.7. The van der Waals surface area contributed by atoms with Crippen molar-refractivity contribution in [3.05, 3.63) is 59.7 Å². The van der Waals surface area contributed by atoms with Crippen molar-refractivity contribution in [1.82, 2.24) is 0 Å². The molecule has 31 heavy (non-hydrogen) atoms. The minimum atomic E-state index is -4.65. The largest absolute Gasteiger partial charge is 0.416 e. The fourth-order valence-electron chi connectivity index (χ4n) is 2.36. The maximum Gasteiger partial charge on any atom is 0.416 e. The maximum atomic E-state index is 12.8. The van der Waals surface area contributed by atoms with Gasteiger partial charge in [-0.2, -0.15) is 26.3 Å². The Kier molecular flexibility index (Phi) is 7.26. The highest BCUT2D eigenvalue weighted by Crippen LogP contribution is 2.31. The number of anilines is 2. The second-order valence-electron chi connectivity index (χ2n) is 6.05. The van der Waals surface area contributed by atoms with Gasteiger partial charge in [-0.15, -0.1) is 0 Å². The molecular weight excluding hydrogens is 432 g/mol. The Morgan fingerprint density at radius 2 is 1.29 bits per heavy atom. The molecule has 0 unspecified atom stereocenters. The maximum absolute atomic E-state index is 12.8. The van der Waals surface area contributed by atoms with Crippen molar-refractivity contribution in [2.24, 2.45) is 11.1 Å². The van der Waals surface area contributed by atoms with Crippen LogP contribution >= 0.6 is 0 Å². The van der Waals surface area contributed by atoms with Gasteiger partial charge in [0.25, 0.3) is 0 Å². The molecule has 0 saturated carbocycles. The summed E-state index contributed by atoms with van der Waals surface area (Å²) in [7, 11) is 1.11. The van der Waals surface area contributed by atoms with Crippen LogP contribution in [0.15, 0.2) is 53.7 Å². The summed E-state index contributed by atoms with van der Waals surface area (Å²) in [6, 6.07) is 7.35. The monoisotopic (exact) mass is 447 g/mol. The van der Waals surface area contributed by atoms with Gasteiger partial charge in [0.15, 0.2) is 5.92 Å². The summed E-state index contributed by atoms with van der Waals surface area (Å²) in [5.41, 5.74) is -2.55. The molecule has 166 valence electrons. The molecule has 0 fully saturated rings. The van der Waals surface area contributed by atoms with Gasteiger partial charge >= 0.3 is 12.4 Å². The van der Waals surface area contributed by atoms with Crippen molar-refractivity contribution in [3.8, 4) is 0 Å². The summed E-state index contributed by atoms with van der Waals surface area (Å²) < 4.78 is 76.9. The first-order valence-corrected chi connectivity index (χ1v) is 8.44. The Morgan fingerprint density at radius 3 is 1.65 bits per heavy atom. The first-order chi connectivity index (χ1) is 14.4. The Morgan fingerprint density at radius 1 is 0.871 bits per heavy atom. The highest BCUT2D eigenvalue weighted by atomic mass is 19.4. The van der Waals surface area contributed by atoms with Gasteiger partial charge in [-0.25, -0.2) is 0 Å². The molecule has 12 heteroatoms. The molecule has 0 aliphatic rings. The molecule has 2 aromatic rings. The average Bonchev–Trinajstić information content (AvgIpc) is 2.67. The normalized spacial score (nSPS) is 12.1. The van der Waals surface area contributed by atoms with Gasteiger partial charge in [-0.05, 0) is 36.4 Å². The summed E-state index contributed by atoms with van der Waals surface area (Å²) >= 11 is 0. The second kappa shape index (κ2) is 9.49. The average molecular weight is 447 g/mol. The predicted molar refractivity (Wildman–Crippen MR) is 99.1 cm³/mol. The zero-order chi connectivity index (χ0) is 23.2. The summed E-state index contributed by atoms with van der Waals surface area (Å²) in [4.78, 5) is 29.3. The highest BCUT2D eigenvalue weighted by molar-refractivity contribution is 6.20. The SMILES string of the molecule is CON=CC(C(=O)Nc1cccc(C(F)(F)F)c1)C(=O)Nc1cccc(C(F)(F)F)c1. The van der Waals surface area contributed by atoms with Crippen LogP contribution in [0.1, 0.15) is 11.1 Å². The fourth-order valence-corrected chi connectivity index (χ4v) is 2.36. The molecule has 0 heterocycles. The van der Waals surface area contributed by atoms with Crippen molar-refractivity contribution in [1.29, 1.82) is 0 Å². The van der Waals surface area contributed by atoms with Gasteiger partial charge in [0.1, 0.15) is 7.11 Å².